The fourth-order valence-corrected chi connectivity index (χ4v) is 2.27. The Bertz CT molecular complexity index is 305. The molecule has 14 heavy (non-hydrogen) atoms. The highest BCUT2D eigenvalue weighted by atomic mass is 35.5. The fourth-order valence-electron chi connectivity index (χ4n) is 1.30. The fraction of sp³-hybridized carbons (Fsp3) is 0.400. The highest BCUT2D eigenvalue weighted by molar-refractivity contribution is 7.98. The first kappa shape index (κ1) is 11.8. The molecule has 1 nitrogen and oxygen atoms in total. The van der Waals surface area contributed by atoms with E-state index in [0.29, 0.717) is 16.3 Å². The van der Waals surface area contributed by atoms with Crippen molar-refractivity contribution >= 4 is 23.4 Å². The van der Waals surface area contributed by atoms with Crippen LogP contribution in [0.25, 0.3) is 0 Å². The molecule has 0 amide bonds. The Balaban J connectivity index is 3.01. The Morgan fingerprint density at radius 2 is 2.21 bits per heavy atom. The Hall–Kier alpha value is -0.250. The normalized spacial score (nSPS) is 12.9. The third-order valence-corrected chi connectivity index (χ3v) is 3.05. The van der Waals surface area contributed by atoms with Gasteiger partial charge in [-0.2, -0.15) is 0 Å². The molecule has 1 aromatic rings. The van der Waals surface area contributed by atoms with Crippen LogP contribution in [0.3, 0.4) is 0 Å². The molecule has 0 spiro atoms. The van der Waals surface area contributed by atoms with E-state index < -0.39 is 0 Å². The van der Waals surface area contributed by atoms with Gasteiger partial charge in [0.2, 0.25) is 0 Å². The molecule has 4 heteroatoms. The molecule has 0 bridgehead atoms. The number of benzene rings is 1. The van der Waals surface area contributed by atoms with E-state index in [-0.39, 0.29) is 11.9 Å². The van der Waals surface area contributed by atoms with Gasteiger partial charge in [-0.25, -0.2) is 4.39 Å². The van der Waals surface area contributed by atoms with Crippen LogP contribution in [0.1, 0.15) is 12.5 Å². The molecule has 2 N–H and O–H groups in total. The van der Waals surface area contributed by atoms with Crippen LogP contribution in [-0.4, -0.2) is 12.3 Å². The maximum absolute atomic E-state index is 13.4. The number of hydrogen-bond donors (Lipinski definition) is 1. The van der Waals surface area contributed by atoms with E-state index in [1.165, 1.54) is 17.8 Å². The Kier molecular flexibility index (Phi) is 4.23. The SMILES string of the molecule is CSc1c(F)cc(CC(C)N)cc1Cl. The second kappa shape index (κ2) is 5.01. The highest BCUT2D eigenvalue weighted by Crippen LogP contribution is 2.29. The molecule has 78 valence electrons. The van der Waals surface area contributed by atoms with Crippen LogP contribution >= 0.6 is 23.4 Å². The summed E-state index contributed by atoms with van der Waals surface area (Å²) >= 11 is 7.23. The molecule has 0 aromatic heterocycles. The first-order valence-electron chi connectivity index (χ1n) is 4.32. The molecule has 1 atom stereocenters. The Morgan fingerprint density at radius 3 is 2.64 bits per heavy atom. The summed E-state index contributed by atoms with van der Waals surface area (Å²) in [6.45, 7) is 1.88. The van der Waals surface area contributed by atoms with Gasteiger partial charge in [0, 0.05) is 6.04 Å². The zero-order chi connectivity index (χ0) is 10.7. The summed E-state index contributed by atoms with van der Waals surface area (Å²) in [7, 11) is 0. The summed E-state index contributed by atoms with van der Waals surface area (Å²) in [6, 6.07) is 3.30. The van der Waals surface area contributed by atoms with Crippen LogP contribution in [0.5, 0.6) is 0 Å². The second-order valence-electron chi connectivity index (χ2n) is 3.27. The quantitative estimate of drug-likeness (QED) is 0.812. The highest BCUT2D eigenvalue weighted by Gasteiger charge is 2.09. The van der Waals surface area contributed by atoms with Gasteiger partial charge in [0.1, 0.15) is 5.82 Å². The summed E-state index contributed by atoms with van der Waals surface area (Å²) in [5.74, 6) is -0.263. The van der Waals surface area contributed by atoms with E-state index in [1.54, 1.807) is 12.3 Å². The molecule has 1 rings (SSSR count). The number of halogens is 2. The van der Waals surface area contributed by atoms with E-state index >= 15 is 0 Å². The van der Waals surface area contributed by atoms with Gasteiger partial charge in [-0.3, -0.25) is 0 Å². The Morgan fingerprint density at radius 1 is 1.57 bits per heavy atom. The van der Waals surface area contributed by atoms with Crippen molar-refractivity contribution in [3.8, 4) is 0 Å². The number of nitrogens with two attached hydrogens (primary N) is 1. The van der Waals surface area contributed by atoms with Gasteiger partial charge in [-0.15, -0.1) is 11.8 Å². The predicted octanol–water partition coefficient (Wildman–Crippen LogP) is 3.09. The first-order chi connectivity index (χ1) is 6.54. The molecule has 0 aliphatic rings. The van der Waals surface area contributed by atoms with Crippen LogP contribution < -0.4 is 5.73 Å². The molecular formula is C10H13ClFNS. The Labute approximate surface area is 92.8 Å². The second-order valence-corrected chi connectivity index (χ2v) is 4.50. The zero-order valence-electron chi connectivity index (χ0n) is 8.18. The minimum atomic E-state index is -0.263. The van der Waals surface area contributed by atoms with Crippen LogP contribution in [0.4, 0.5) is 4.39 Å². The third kappa shape index (κ3) is 2.87. The predicted molar refractivity (Wildman–Crippen MR) is 60.5 cm³/mol. The lowest BCUT2D eigenvalue weighted by atomic mass is 10.1. The van der Waals surface area contributed by atoms with Crippen molar-refractivity contribution in [2.75, 3.05) is 6.26 Å². The van der Waals surface area contributed by atoms with Crippen LogP contribution in [-0.2, 0) is 6.42 Å². The van der Waals surface area contributed by atoms with Gasteiger partial charge < -0.3 is 5.73 Å². The van der Waals surface area contributed by atoms with Crippen molar-refractivity contribution in [3.05, 3.63) is 28.5 Å². The molecule has 0 fully saturated rings. The molecule has 0 heterocycles. The van der Waals surface area contributed by atoms with E-state index in [4.69, 9.17) is 17.3 Å². The van der Waals surface area contributed by atoms with E-state index in [9.17, 15) is 4.39 Å². The van der Waals surface area contributed by atoms with Crippen molar-refractivity contribution in [2.45, 2.75) is 24.3 Å². The molecule has 0 saturated carbocycles. The molecule has 0 saturated heterocycles. The molecule has 1 aromatic carbocycles. The summed E-state index contributed by atoms with van der Waals surface area (Å²) in [6.07, 6.45) is 2.45. The summed E-state index contributed by atoms with van der Waals surface area (Å²) in [4.78, 5) is 0.500. The largest absolute Gasteiger partial charge is 0.328 e. The number of thioether (sulfide) groups is 1. The molecule has 0 aliphatic heterocycles. The number of rotatable bonds is 3. The van der Waals surface area contributed by atoms with Crippen molar-refractivity contribution in [2.24, 2.45) is 5.73 Å². The van der Waals surface area contributed by atoms with E-state index in [2.05, 4.69) is 0 Å². The lowest BCUT2D eigenvalue weighted by Crippen LogP contribution is -2.17. The third-order valence-electron chi connectivity index (χ3n) is 1.82. The van der Waals surface area contributed by atoms with E-state index in [0.717, 1.165) is 5.56 Å². The minimum Gasteiger partial charge on any atom is -0.328 e. The van der Waals surface area contributed by atoms with Crippen LogP contribution in [0, 0.1) is 5.82 Å². The van der Waals surface area contributed by atoms with Crippen molar-refractivity contribution in [3.63, 3.8) is 0 Å². The number of hydrogen-bond acceptors (Lipinski definition) is 2. The average Bonchev–Trinajstić information content (AvgIpc) is 2.01. The molecular weight excluding hydrogens is 221 g/mol. The van der Waals surface area contributed by atoms with Crippen LogP contribution in [0.2, 0.25) is 5.02 Å². The molecule has 0 radical (unpaired) electrons. The van der Waals surface area contributed by atoms with Gasteiger partial charge in [0.05, 0.1) is 9.92 Å². The lowest BCUT2D eigenvalue weighted by Gasteiger charge is -2.08. The molecule has 0 aliphatic carbocycles. The van der Waals surface area contributed by atoms with Gasteiger partial charge in [-0.05, 0) is 37.3 Å². The van der Waals surface area contributed by atoms with Gasteiger partial charge in [-0.1, -0.05) is 11.6 Å². The van der Waals surface area contributed by atoms with Gasteiger partial charge in [0.25, 0.3) is 0 Å². The summed E-state index contributed by atoms with van der Waals surface area (Å²) < 4.78 is 13.4. The minimum absolute atomic E-state index is 0.0191. The summed E-state index contributed by atoms with van der Waals surface area (Å²) in [5, 5.41) is 0.466. The van der Waals surface area contributed by atoms with Gasteiger partial charge in [0.15, 0.2) is 0 Å². The molecule has 1 unspecified atom stereocenters. The first-order valence-corrected chi connectivity index (χ1v) is 5.92. The van der Waals surface area contributed by atoms with Crippen LogP contribution in [0.15, 0.2) is 17.0 Å². The topological polar surface area (TPSA) is 26.0 Å². The van der Waals surface area contributed by atoms with Crippen molar-refractivity contribution < 1.29 is 4.39 Å². The monoisotopic (exact) mass is 233 g/mol. The van der Waals surface area contributed by atoms with Gasteiger partial charge >= 0.3 is 0 Å². The van der Waals surface area contributed by atoms with Crippen molar-refractivity contribution in [1.82, 2.24) is 0 Å². The van der Waals surface area contributed by atoms with E-state index in [1.807, 2.05) is 6.92 Å². The maximum Gasteiger partial charge on any atom is 0.138 e. The zero-order valence-corrected chi connectivity index (χ0v) is 9.75. The lowest BCUT2D eigenvalue weighted by molar-refractivity contribution is 0.597. The summed E-state index contributed by atoms with van der Waals surface area (Å²) in [5.41, 5.74) is 6.47. The maximum atomic E-state index is 13.4. The van der Waals surface area contributed by atoms with Crippen molar-refractivity contribution in [1.29, 1.82) is 0 Å². The average molecular weight is 234 g/mol. The smallest absolute Gasteiger partial charge is 0.138 e. The standard InChI is InChI=1S/C10H13ClFNS/c1-6(13)3-7-4-8(11)10(14-2)9(12)5-7/h4-6H,3,13H2,1-2H3.